The van der Waals surface area contributed by atoms with Crippen molar-refractivity contribution in [1.82, 2.24) is 0 Å². The highest BCUT2D eigenvalue weighted by molar-refractivity contribution is 6.06. The van der Waals surface area contributed by atoms with Crippen LogP contribution in [0.5, 0.6) is 0 Å². The molecule has 0 fully saturated rings. The maximum atomic E-state index is 6.32. The first-order valence-electron chi connectivity index (χ1n) is 19.3. The summed E-state index contributed by atoms with van der Waals surface area (Å²) in [4.78, 5) is 2.43. The highest BCUT2D eigenvalue weighted by Gasteiger charge is 2.47. The van der Waals surface area contributed by atoms with Crippen LogP contribution in [0.1, 0.15) is 47.2 Å². The molecule has 1 aromatic heterocycles. The second-order valence-corrected chi connectivity index (χ2v) is 15.7. The predicted molar refractivity (Wildman–Crippen MR) is 229 cm³/mol. The Morgan fingerprint density at radius 3 is 2.00 bits per heavy atom. The highest BCUT2D eigenvalue weighted by Crippen LogP contribution is 2.58. The summed E-state index contributed by atoms with van der Waals surface area (Å²) in [7, 11) is 0. The third-order valence-electron chi connectivity index (χ3n) is 12.5. The van der Waals surface area contributed by atoms with E-state index in [0.717, 1.165) is 51.0 Å². The normalized spacial score (nSPS) is 18.5. The van der Waals surface area contributed by atoms with Crippen molar-refractivity contribution in [3.05, 3.63) is 221 Å². The monoisotopic (exact) mass is 705 g/mol. The lowest BCUT2D eigenvalue weighted by molar-refractivity contribution is 0.660. The summed E-state index contributed by atoms with van der Waals surface area (Å²) in [5, 5.41) is 2.23. The summed E-state index contributed by atoms with van der Waals surface area (Å²) in [6.45, 7) is 9.52. The van der Waals surface area contributed by atoms with Crippen LogP contribution in [0.25, 0.3) is 44.2 Å². The number of nitrogens with zero attached hydrogens (tertiary/aromatic N) is 1. The van der Waals surface area contributed by atoms with Crippen LogP contribution in [0.4, 0.5) is 17.1 Å². The zero-order valence-corrected chi connectivity index (χ0v) is 31.0. The van der Waals surface area contributed by atoms with Gasteiger partial charge in [0.25, 0.3) is 0 Å². The molecule has 8 aromatic rings. The zero-order chi connectivity index (χ0) is 36.9. The van der Waals surface area contributed by atoms with Gasteiger partial charge in [-0.1, -0.05) is 148 Å². The SMILES string of the molecule is C=C1/C=C\C=C/Cc2ccccc2C12c1ccccc1-c1cc(N(c3ccc4c(c3)C(C)(C)c3ccccc3-4)c3ccc4oc5ccccc5c4c3)ccc12. The van der Waals surface area contributed by atoms with Gasteiger partial charge in [0.15, 0.2) is 0 Å². The van der Waals surface area contributed by atoms with E-state index in [9.17, 15) is 0 Å². The fourth-order valence-corrected chi connectivity index (χ4v) is 9.99. The molecule has 3 aliphatic carbocycles. The Kier molecular flexibility index (Phi) is 6.76. The number of para-hydroxylation sites is 1. The van der Waals surface area contributed by atoms with Crippen molar-refractivity contribution in [1.29, 1.82) is 0 Å². The molecule has 262 valence electrons. The minimum atomic E-state index is -0.521. The molecule has 1 spiro atoms. The fraction of sp³-hybridized carbons (Fsp3) is 0.0943. The Balaban J connectivity index is 1.16. The summed E-state index contributed by atoms with van der Waals surface area (Å²) < 4.78 is 6.32. The van der Waals surface area contributed by atoms with Gasteiger partial charge in [-0.05, 0) is 116 Å². The highest BCUT2D eigenvalue weighted by atomic mass is 16.3. The number of hydrogen-bond donors (Lipinski definition) is 0. The fourth-order valence-electron chi connectivity index (χ4n) is 9.99. The Morgan fingerprint density at radius 1 is 0.509 bits per heavy atom. The minimum absolute atomic E-state index is 0.130. The van der Waals surface area contributed by atoms with E-state index in [-0.39, 0.29) is 5.41 Å². The molecule has 1 unspecified atom stereocenters. The molecular formula is C53H39NO. The van der Waals surface area contributed by atoms with Gasteiger partial charge >= 0.3 is 0 Å². The third-order valence-corrected chi connectivity index (χ3v) is 12.5. The van der Waals surface area contributed by atoms with Gasteiger partial charge in [-0.25, -0.2) is 0 Å². The predicted octanol–water partition coefficient (Wildman–Crippen LogP) is 13.9. The van der Waals surface area contributed by atoms with Gasteiger partial charge in [0.1, 0.15) is 11.2 Å². The second kappa shape index (κ2) is 11.7. The van der Waals surface area contributed by atoms with Crippen molar-refractivity contribution in [3.63, 3.8) is 0 Å². The molecule has 2 nitrogen and oxygen atoms in total. The van der Waals surface area contributed by atoms with Gasteiger partial charge < -0.3 is 9.32 Å². The Labute approximate surface area is 322 Å². The molecule has 2 heteroatoms. The standard InChI is InChI=1S/C53H39NO/c1-34-15-5-4-6-16-35-17-7-11-21-45(35)53(34)47-23-13-9-19-40(47)43-31-36(26-29-48(43)53)54(37-27-30-51-44(32-37)42-20-10-14-24-50(42)55-51)38-25-28-41-39-18-8-12-22-46(39)52(2,3)49(41)33-38/h4-15,17-33H,1,16H2,2-3H3/b6-4-,15-5-. The van der Waals surface area contributed by atoms with Crippen molar-refractivity contribution in [3.8, 4) is 22.3 Å². The number of allylic oxidation sites excluding steroid dienone is 5. The number of hydrogen-bond acceptors (Lipinski definition) is 2. The molecular weight excluding hydrogens is 667 g/mol. The quantitative estimate of drug-likeness (QED) is 0.182. The van der Waals surface area contributed by atoms with Gasteiger partial charge in [0.2, 0.25) is 0 Å². The van der Waals surface area contributed by atoms with Crippen LogP contribution >= 0.6 is 0 Å². The lowest BCUT2D eigenvalue weighted by atomic mass is 9.66. The van der Waals surface area contributed by atoms with E-state index in [1.807, 2.05) is 6.07 Å². The van der Waals surface area contributed by atoms with E-state index in [4.69, 9.17) is 11.0 Å². The second-order valence-electron chi connectivity index (χ2n) is 15.7. The average molecular weight is 706 g/mol. The van der Waals surface area contributed by atoms with Crippen LogP contribution in [-0.2, 0) is 17.3 Å². The van der Waals surface area contributed by atoms with Gasteiger partial charge in [0.05, 0.1) is 5.41 Å². The van der Waals surface area contributed by atoms with E-state index < -0.39 is 5.41 Å². The van der Waals surface area contributed by atoms with E-state index >= 15 is 0 Å². The number of fused-ring (bicyclic) bond motifs is 13. The number of rotatable bonds is 3. The molecule has 0 saturated carbocycles. The number of benzene rings is 7. The summed E-state index contributed by atoms with van der Waals surface area (Å²) in [6, 6.07) is 55.9. The zero-order valence-electron chi connectivity index (χ0n) is 31.0. The van der Waals surface area contributed by atoms with Crippen molar-refractivity contribution < 1.29 is 4.42 Å². The van der Waals surface area contributed by atoms with Crippen molar-refractivity contribution in [2.24, 2.45) is 0 Å². The molecule has 0 amide bonds. The maximum Gasteiger partial charge on any atom is 0.135 e. The molecule has 55 heavy (non-hydrogen) atoms. The number of anilines is 3. The third kappa shape index (κ3) is 4.43. The molecule has 3 aliphatic rings. The lowest BCUT2D eigenvalue weighted by Gasteiger charge is -2.36. The van der Waals surface area contributed by atoms with Crippen LogP contribution in [-0.4, -0.2) is 0 Å². The molecule has 11 rings (SSSR count). The van der Waals surface area contributed by atoms with E-state index in [0.29, 0.717) is 0 Å². The van der Waals surface area contributed by atoms with E-state index in [1.165, 1.54) is 55.6 Å². The first-order chi connectivity index (χ1) is 26.9. The van der Waals surface area contributed by atoms with Gasteiger partial charge in [-0.3, -0.25) is 0 Å². The van der Waals surface area contributed by atoms with Gasteiger partial charge in [-0.2, -0.15) is 0 Å². The van der Waals surface area contributed by atoms with Crippen LogP contribution < -0.4 is 4.90 Å². The summed E-state index contributed by atoms with van der Waals surface area (Å²) in [5.41, 5.74) is 18.5. The Bertz CT molecular complexity index is 2970. The van der Waals surface area contributed by atoms with E-state index in [1.54, 1.807) is 0 Å². The maximum absolute atomic E-state index is 6.32. The van der Waals surface area contributed by atoms with Gasteiger partial charge in [0, 0.05) is 33.2 Å². The molecule has 1 atom stereocenters. The smallest absolute Gasteiger partial charge is 0.135 e. The first kappa shape index (κ1) is 31.8. The largest absolute Gasteiger partial charge is 0.456 e. The molecule has 0 saturated heterocycles. The van der Waals surface area contributed by atoms with E-state index in [2.05, 4.69) is 189 Å². The molecule has 1 heterocycles. The number of furan rings is 1. The molecule has 7 aromatic carbocycles. The van der Waals surface area contributed by atoms with Gasteiger partial charge in [-0.15, -0.1) is 0 Å². The van der Waals surface area contributed by atoms with Crippen LogP contribution in [0.15, 0.2) is 193 Å². The summed E-state index contributed by atoms with van der Waals surface area (Å²) >= 11 is 0. The molecule has 0 radical (unpaired) electrons. The van der Waals surface area contributed by atoms with Crippen molar-refractivity contribution >= 4 is 39.0 Å². The van der Waals surface area contributed by atoms with Crippen LogP contribution in [0.2, 0.25) is 0 Å². The van der Waals surface area contributed by atoms with Crippen molar-refractivity contribution in [2.75, 3.05) is 4.90 Å². The lowest BCUT2D eigenvalue weighted by Crippen LogP contribution is -2.29. The minimum Gasteiger partial charge on any atom is -0.456 e. The Morgan fingerprint density at radius 2 is 1.13 bits per heavy atom. The van der Waals surface area contributed by atoms with Crippen LogP contribution in [0, 0.1) is 0 Å². The first-order valence-corrected chi connectivity index (χ1v) is 19.3. The van der Waals surface area contributed by atoms with Crippen LogP contribution in [0.3, 0.4) is 0 Å². The summed E-state index contributed by atoms with van der Waals surface area (Å²) in [5.74, 6) is 0. The molecule has 0 aliphatic heterocycles. The molecule has 0 bridgehead atoms. The topological polar surface area (TPSA) is 16.4 Å². The molecule has 0 N–H and O–H groups in total. The summed E-state index contributed by atoms with van der Waals surface area (Å²) in [6.07, 6.45) is 9.62. The average Bonchev–Trinajstić information content (AvgIpc) is 3.83. The Hall–Kier alpha value is -6.64. The van der Waals surface area contributed by atoms with Crippen molar-refractivity contribution in [2.45, 2.75) is 31.1 Å².